The summed E-state index contributed by atoms with van der Waals surface area (Å²) in [4.78, 5) is 24.1. The van der Waals surface area contributed by atoms with Crippen molar-refractivity contribution in [3.63, 3.8) is 0 Å². The summed E-state index contributed by atoms with van der Waals surface area (Å²) in [6, 6.07) is 0.777. The molecule has 0 aliphatic carbocycles. The van der Waals surface area contributed by atoms with Crippen LogP contribution in [-0.4, -0.2) is 45.8 Å². The van der Waals surface area contributed by atoms with Crippen LogP contribution in [0.1, 0.15) is 30.4 Å². The van der Waals surface area contributed by atoms with E-state index < -0.39 is 12.0 Å². The van der Waals surface area contributed by atoms with Gasteiger partial charge in [0.1, 0.15) is 5.69 Å². The second kappa shape index (κ2) is 4.99. The zero-order valence-electron chi connectivity index (χ0n) is 10.4. The largest absolute Gasteiger partial charge is 0.480 e. The number of amides is 1. The monoisotopic (exact) mass is 239 g/mol. The molecule has 0 bridgehead atoms. The molecule has 1 aromatic rings. The second-order valence-electron chi connectivity index (χ2n) is 4.41. The van der Waals surface area contributed by atoms with Crippen LogP contribution in [0.5, 0.6) is 0 Å². The van der Waals surface area contributed by atoms with Crippen LogP contribution in [0.4, 0.5) is 0 Å². The van der Waals surface area contributed by atoms with E-state index in [1.807, 2.05) is 0 Å². The van der Waals surface area contributed by atoms with Gasteiger partial charge in [-0.25, -0.2) is 4.79 Å². The minimum absolute atomic E-state index is 0.102. The number of hydrogen-bond acceptors (Lipinski definition) is 3. The van der Waals surface area contributed by atoms with E-state index in [0.29, 0.717) is 0 Å². The SMILES string of the molecule is CC(C)C(C(=O)O)n1ccc(C(=O)N(C)C)n1. The molecular weight excluding hydrogens is 222 g/mol. The molecule has 0 fully saturated rings. The highest BCUT2D eigenvalue weighted by molar-refractivity contribution is 5.91. The third kappa shape index (κ3) is 2.83. The molecule has 6 heteroatoms. The highest BCUT2D eigenvalue weighted by Gasteiger charge is 2.25. The topological polar surface area (TPSA) is 75.4 Å². The third-order valence-electron chi connectivity index (χ3n) is 2.40. The number of rotatable bonds is 4. The first-order valence-corrected chi connectivity index (χ1v) is 5.34. The quantitative estimate of drug-likeness (QED) is 0.845. The molecule has 0 radical (unpaired) electrons. The number of carboxylic acids is 1. The number of aliphatic carboxylic acids is 1. The highest BCUT2D eigenvalue weighted by atomic mass is 16.4. The lowest BCUT2D eigenvalue weighted by Gasteiger charge is -2.16. The van der Waals surface area contributed by atoms with Gasteiger partial charge in [0.05, 0.1) is 0 Å². The van der Waals surface area contributed by atoms with Gasteiger partial charge in [0, 0.05) is 20.3 Å². The Morgan fingerprint density at radius 1 is 1.41 bits per heavy atom. The Kier molecular flexibility index (Phi) is 3.88. The zero-order chi connectivity index (χ0) is 13.2. The lowest BCUT2D eigenvalue weighted by Crippen LogP contribution is -2.26. The van der Waals surface area contributed by atoms with Crippen LogP contribution in [0.25, 0.3) is 0 Å². The predicted molar refractivity (Wildman–Crippen MR) is 61.8 cm³/mol. The minimum Gasteiger partial charge on any atom is -0.480 e. The van der Waals surface area contributed by atoms with Crippen molar-refractivity contribution >= 4 is 11.9 Å². The minimum atomic E-state index is -0.952. The summed E-state index contributed by atoms with van der Waals surface area (Å²) >= 11 is 0. The number of aromatic nitrogens is 2. The molecule has 0 aliphatic rings. The van der Waals surface area contributed by atoms with Crippen LogP contribution in [-0.2, 0) is 4.79 Å². The van der Waals surface area contributed by atoms with Gasteiger partial charge in [-0.05, 0) is 12.0 Å². The lowest BCUT2D eigenvalue weighted by atomic mass is 10.1. The molecule has 17 heavy (non-hydrogen) atoms. The fraction of sp³-hybridized carbons (Fsp3) is 0.545. The van der Waals surface area contributed by atoms with Crippen LogP contribution in [0, 0.1) is 5.92 Å². The summed E-state index contributed by atoms with van der Waals surface area (Å²) in [5, 5.41) is 13.1. The Labute approximate surface area is 99.8 Å². The van der Waals surface area contributed by atoms with Crippen molar-refractivity contribution in [3.05, 3.63) is 18.0 Å². The molecule has 6 nitrogen and oxygen atoms in total. The summed E-state index contributed by atoms with van der Waals surface area (Å²) in [5.74, 6) is -1.29. The average molecular weight is 239 g/mol. The van der Waals surface area contributed by atoms with Crippen molar-refractivity contribution in [2.24, 2.45) is 5.92 Å². The van der Waals surface area contributed by atoms with E-state index in [0.717, 1.165) is 0 Å². The van der Waals surface area contributed by atoms with Crippen LogP contribution in [0.2, 0.25) is 0 Å². The number of carbonyl (C=O) groups excluding carboxylic acids is 1. The Bertz CT molecular complexity index is 423. The number of hydrogen-bond donors (Lipinski definition) is 1. The van der Waals surface area contributed by atoms with E-state index in [4.69, 9.17) is 5.11 Å². The van der Waals surface area contributed by atoms with Gasteiger partial charge in [-0.1, -0.05) is 13.8 Å². The maximum atomic E-state index is 11.6. The third-order valence-corrected chi connectivity index (χ3v) is 2.40. The Morgan fingerprint density at radius 2 is 2.00 bits per heavy atom. The van der Waals surface area contributed by atoms with Crippen LogP contribution >= 0.6 is 0 Å². The van der Waals surface area contributed by atoms with Crippen molar-refractivity contribution < 1.29 is 14.7 Å². The summed E-state index contributed by atoms with van der Waals surface area (Å²) < 4.78 is 1.32. The van der Waals surface area contributed by atoms with E-state index >= 15 is 0 Å². The van der Waals surface area contributed by atoms with Crippen LogP contribution in [0.3, 0.4) is 0 Å². The van der Waals surface area contributed by atoms with E-state index in [1.165, 1.54) is 21.8 Å². The van der Waals surface area contributed by atoms with Crippen molar-refractivity contribution in [3.8, 4) is 0 Å². The summed E-state index contributed by atoms with van der Waals surface area (Å²) in [6.07, 6.45) is 1.52. The second-order valence-corrected chi connectivity index (χ2v) is 4.41. The molecule has 94 valence electrons. The Morgan fingerprint density at radius 3 is 2.41 bits per heavy atom. The first kappa shape index (κ1) is 13.2. The number of carbonyl (C=O) groups is 2. The van der Waals surface area contributed by atoms with Gasteiger partial charge in [0.2, 0.25) is 0 Å². The highest BCUT2D eigenvalue weighted by Crippen LogP contribution is 2.17. The molecule has 0 spiro atoms. The van der Waals surface area contributed by atoms with Gasteiger partial charge in [-0.3, -0.25) is 9.48 Å². The molecule has 1 unspecified atom stereocenters. The van der Waals surface area contributed by atoms with Gasteiger partial charge in [-0.2, -0.15) is 5.10 Å². The van der Waals surface area contributed by atoms with E-state index in [9.17, 15) is 9.59 Å². The van der Waals surface area contributed by atoms with E-state index in [1.54, 1.807) is 27.9 Å². The molecule has 0 saturated carbocycles. The molecule has 1 rings (SSSR count). The average Bonchev–Trinajstić information content (AvgIpc) is 2.64. The van der Waals surface area contributed by atoms with Gasteiger partial charge in [-0.15, -0.1) is 0 Å². The molecular formula is C11H17N3O3. The smallest absolute Gasteiger partial charge is 0.328 e. The summed E-state index contributed by atoms with van der Waals surface area (Å²) in [5.41, 5.74) is 0.252. The molecule has 1 amide bonds. The molecule has 1 atom stereocenters. The number of carboxylic acid groups (broad SMARTS) is 1. The van der Waals surface area contributed by atoms with Crippen molar-refractivity contribution in [2.45, 2.75) is 19.9 Å². The first-order chi connectivity index (χ1) is 7.84. The van der Waals surface area contributed by atoms with E-state index in [-0.39, 0.29) is 17.5 Å². The normalized spacial score (nSPS) is 12.5. The van der Waals surface area contributed by atoms with Crippen molar-refractivity contribution in [2.75, 3.05) is 14.1 Å². The molecule has 0 saturated heterocycles. The fourth-order valence-electron chi connectivity index (χ4n) is 1.54. The summed E-state index contributed by atoms with van der Waals surface area (Å²) in [7, 11) is 3.25. The molecule has 0 aromatic carbocycles. The molecule has 1 heterocycles. The maximum Gasteiger partial charge on any atom is 0.328 e. The van der Waals surface area contributed by atoms with Gasteiger partial charge >= 0.3 is 5.97 Å². The lowest BCUT2D eigenvalue weighted by molar-refractivity contribution is -0.142. The van der Waals surface area contributed by atoms with Crippen molar-refractivity contribution in [1.82, 2.24) is 14.7 Å². The van der Waals surface area contributed by atoms with Gasteiger partial charge in [0.15, 0.2) is 6.04 Å². The fourth-order valence-corrected chi connectivity index (χ4v) is 1.54. The van der Waals surface area contributed by atoms with Crippen LogP contribution in [0.15, 0.2) is 12.3 Å². The van der Waals surface area contributed by atoms with E-state index in [2.05, 4.69) is 5.10 Å². The number of nitrogens with zero attached hydrogens (tertiary/aromatic N) is 3. The maximum absolute atomic E-state index is 11.6. The summed E-state index contributed by atoms with van der Waals surface area (Å²) in [6.45, 7) is 3.60. The zero-order valence-corrected chi connectivity index (χ0v) is 10.4. The Hall–Kier alpha value is -1.85. The molecule has 1 aromatic heterocycles. The predicted octanol–water partition coefficient (Wildman–Crippen LogP) is 0.867. The van der Waals surface area contributed by atoms with Crippen LogP contribution < -0.4 is 0 Å². The van der Waals surface area contributed by atoms with Gasteiger partial charge in [0.25, 0.3) is 5.91 Å². The molecule has 1 N–H and O–H groups in total. The standard InChI is InChI=1S/C11H17N3O3/c1-7(2)9(11(16)17)14-6-5-8(12-14)10(15)13(3)4/h5-7,9H,1-4H3,(H,16,17). The van der Waals surface area contributed by atoms with Crippen molar-refractivity contribution in [1.29, 1.82) is 0 Å². The Balaban J connectivity index is 3.01. The van der Waals surface area contributed by atoms with Gasteiger partial charge < -0.3 is 10.0 Å². The first-order valence-electron chi connectivity index (χ1n) is 5.34. The molecule has 0 aliphatic heterocycles.